The van der Waals surface area contributed by atoms with Gasteiger partial charge in [0.05, 0.1) is 19.1 Å². The van der Waals surface area contributed by atoms with Gasteiger partial charge in [0.25, 0.3) is 5.69 Å². The number of hydrogen-bond donors (Lipinski definition) is 0. The summed E-state index contributed by atoms with van der Waals surface area (Å²) >= 11 is 0. The second-order valence-electron chi connectivity index (χ2n) is 6.54. The van der Waals surface area contributed by atoms with Crippen LogP contribution in [0.2, 0.25) is 0 Å². The number of nitro groups is 1. The minimum atomic E-state index is -0.403. The third kappa shape index (κ3) is 3.52. The van der Waals surface area contributed by atoms with Gasteiger partial charge in [-0.1, -0.05) is 12.1 Å². The van der Waals surface area contributed by atoms with Gasteiger partial charge >= 0.3 is 0 Å². The van der Waals surface area contributed by atoms with Crippen LogP contribution in [0.25, 0.3) is 11.1 Å². The van der Waals surface area contributed by atoms with Crippen molar-refractivity contribution in [1.82, 2.24) is 0 Å². The van der Waals surface area contributed by atoms with Crippen molar-refractivity contribution in [2.24, 2.45) is 0 Å². The highest BCUT2D eigenvalue weighted by Crippen LogP contribution is 2.42. The van der Waals surface area contributed by atoms with Gasteiger partial charge in [0, 0.05) is 23.3 Å². The van der Waals surface area contributed by atoms with E-state index in [-0.39, 0.29) is 5.69 Å². The molecule has 6 heteroatoms. The lowest BCUT2D eigenvalue weighted by atomic mass is 9.87. The molecular weight excluding hydrogens is 370 g/mol. The first-order chi connectivity index (χ1) is 14.1. The Hall–Kier alpha value is -3.80. The predicted octanol–water partition coefficient (Wildman–Crippen LogP) is 4.96. The van der Waals surface area contributed by atoms with Crippen molar-refractivity contribution in [3.63, 3.8) is 0 Å². The summed E-state index contributed by atoms with van der Waals surface area (Å²) in [6.07, 6.45) is 0. The summed E-state index contributed by atoms with van der Waals surface area (Å²) in [4.78, 5) is 10.6. The molecule has 0 unspecified atom stereocenters. The van der Waals surface area contributed by atoms with E-state index in [9.17, 15) is 10.1 Å². The van der Waals surface area contributed by atoms with Gasteiger partial charge in [-0.25, -0.2) is 0 Å². The van der Waals surface area contributed by atoms with Crippen LogP contribution in [0.1, 0.15) is 16.7 Å². The van der Waals surface area contributed by atoms with Crippen LogP contribution in [0.5, 0.6) is 17.2 Å². The Labute approximate surface area is 168 Å². The lowest BCUT2D eigenvalue weighted by Gasteiger charge is -2.25. The van der Waals surface area contributed by atoms with Crippen LogP contribution in [0, 0.1) is 10.1 Å². The Morgan fingerprint density at radius 1 is 0.862 bits per heavy atom. The van der Waals surface area contributed by atoms with Gasteiger partial charge in [-0.15, -0.1) is 0 Å². The van der Waals surface area contributed by atoms with E-state index >= 15 is 0 Å². The molecule has 0 bridgehead atoms. The van der Waals surface area contributed by atoms with Crippen molar-refractivity contribution in [3.8, 4) is 17.2 Å². The summed E-state index contributed by atoms with van der Waals surface area (Å²) in [6.45, 7) is 0.360. The fourth-order valence-electron chi connectivity index (χ4n) is 3.44. The van der Waals surface area contributed by atoms with Crippen molar-refractivity contribution in [3.05, 3.63) is 93.5 Å². The second-order valence-corrected chi connectivity index (χ2v) is 6.54. The standard InChI is InChI=1S/C23H19NO5/c1-27-18-9-5-16(6-10-18)23-20-13-19(28-2)11-12-22(20)29-14-21(23)15-3-7-17(8-4-15)24(25)26/h3-13H,14H2,1-2H3. The molecule has 3 aromatic carbocycles. The monoisotopic (exact) mass is 389 g/mol. The van der Waals surface area contributed by atoms with Gasteiger partial charge in [0.1, 0.15) is 23.9 Å². The molecule has 0 atom stereocenters. The number of methoxy groups -OCH3 is 2. The Morgan fingerprint density at radius 2 is 1.48 bits per heavy atom. The van der Waals surface area contributed by atoms with E-state index in [1.165, 1.54) is 12.1 Å². The predicted molar refractivity (Wildman–Crippen MR) is 110 cm³/mol. The zero-order chi connectivity index (χ0) is 20.4. The van der Waals surface area contributed by atoms with Gasteiger partial charge in [-0.3, -0.25) is 10.1 Å². The fourth-order valence-corrected chi connectivity index (χ4v) is 3.44. The van der Waals surface area contributed by atoms with Crippen molar-refractivity contribution in [1.29, 1.82) is 0 Å². The molecule has 29 heavy (non-hydrogen) atoms. The van der Waals surface area contributed by atoms with Crippen LogP contribution in [0.3, 0.4) is 0 Å². The van der Waals surface area contributed by atoms with Crippen molar-refractivity contribution >= 4 is 16.8 Å². The minimum absolute atomic E-state index is 0.0548. The number of nitro benzene ring substituents is 1. The summed E-state index contributed by atoms with van der Waals surface area (Å²) in [5.74, 6) is 2.26. The molecule has 0 fully saturated rings. The van der Waals surface area contributed by atoms with Gasteiger partial charge in [-0.05, 0) is 59.2 Å². The highest BCUT2D eigenvalue weighted by molar-refractivity contribution is 6.02. The van der Waals surface area contributed by atoms with Gasteiger partial charge in [-0.2, -0.15) is 0 Å². The molecule has 1 aliphatic heterocycles. The average molecular weight is 389 g/mol. The van der Waals surface area contributed by atoms with E-state index in [0.29, 0.717) is 6.61 Å². The highest BCUT2D eigenvalue weighted by atomic mass is 16.6. The molecule has 0 saturated carbocycles. The summed E-state index contributed by atoms with van der Waals surface area (Å²) in [6, 6.07) is 20.0. The first-order valence-corrected chi connectivity index (χ1v) is 9.04. The Balaban J connectivity index is 1.92. The second kappa shape index (κ2) is 7.67. The Morgan fingerprint density at radius 3 is 2.10 bits per heavy atom. The van der Waals surface area contributed by atoms with Crippen molar-refractivity contribution in [2.45, 2.75) is 0 Å². The fraction of sp³-hybridized carbons (Fsp3) is 0.130. The zero-order valence-corrected chi connectivity index (χ0v) is 16.0. The molecule has 1 heterocycles. The van der Waals surface area contributed by atoms with Crippen LogP contribution in [0.15, 0.2) is 66.7 Å². The molecule has 6 nitrogen and oxygen atoms in total. The van der Waals surface area contributed by atoms with Crippen LogP contribution < -0.4 is 14.2 Å². The van der Waals surface area contributed by atoms with Gasteiger partial charge in [0.2, 0.25) is 0 Å². The topological polar surface area (TPSA) is 70.8 Å². The summed E-state index contributed by atoms with van der Waals surface area (Å²) < 4.78 is 16.7. The number of non-ortho nitro benzene ring substituents is 1. The third-order valence-corrected chi connectivity index (χ3v) is 4.94. The number of ether oxygens (including phenoxy) is 3. The molecular formula is C23H19NO5. The molecule has 0 saturated heterocycles. The van der Waals surface area contributed by atoms with E-state index in [1.807, 2.05) is 42.5 Å². The maximum absolute atomic E-state index is 11.0. The van der Waals surface area contributed by atoms with Crippen LogP contribution in [0.4, 0.5) is 5.69 Å². The molecule has 4 rings (SSSR count). The van der Waals surface area contributed by atoms with Crippen molar-refractivity contribution < 1.29 is 19.1 Å². The molecule has 1 aliphatic rings. The maximum Gasteiger partial charge on any atom is 0.269 e. The zero-order valence-electron chi connectivity index (χ0n) is 16.0. The summed E-state index contributed by atoms with van der Waals surface area (Å²) in [5.41, 5.74) is 4.78. The summed E-state index contributed by atoms with van der Waals surface area (Å²) in [7, 11) is 3.25. The van der Waals surface area contributed by atoms with E-state index in [4.69, 9.17) is 14.2 Å². The van der Waals surface area contributed by atoms with E-state index in [2.05, 4.69) is 0 Å². The van der Waals surface area contributed by atoms with Gasteiger partial charge < -0.3 is 14.2 Å². The summed E-state index contributed by atoms with van der Waals surface area (Å²) in [5, 5.41) is 11.0. The molecule has 0 radical (unpaired) electrons. The number of benzene rings is 3. The third-order valence-electron chi connectivity index (χ3n) is 4.94. The first kappa shape index (κ1) is 18.6. The normalized spacial score (nSPS) is 12.8. The molecule has 3 aromatic rings. The lowest BCUT2D eigenvalue weighted by molar-refractivity contribution is -0.384. The molecule has 0 amide bonds. The Kier molecular flexibility index (Phi) is 4.91. The van der Waals surface area contributed by atoms with Gasteiger partial charge in [0.15, 0.2) is 0 Å². The molecule has 146 valence electrons. The van der Waals surface area contributed by atoms with Crippen LogP contribution in [-0.2, 0) is 0 Å². The van der Waals surface area contributed by atoms with E-state index < -0.39 is 4.92 Å². The SMILES string of the molecule is COc1ccc(C2=C(c3ccc([N+](=O)[O-])cc3)COc3ccc(OC)cc32)cc1. The number of hydrogen-bond acceptors (Lipinski definition) is 5. The largest absolute Gasteiger partial charge is 0.497 e. The first-order valence-electron chi connectivity index (χ1n) is 9.04. The van der Waals surface area contributed by atoms with Crippen LogP contribution >= 0.6 is 0 Å². The minimum Gasteiger partial charge on any atom is -0.497 e. The quantitative estimate of drug-likeness (QED) is 0.455. The molecule has 0 N–H and O–H groups in total. The number of fused-ring (bicyclic) bond motifs is 1. The number of nitrogens with zero attached hydrogens (tertiary/aromatic N) is 1. The molecule has 0 spiro atoms. The number of rotatable bonds is 5. The Bertz CT molecular complexity index is 1090. The molecule has 0 aromatic heterocycles. The van der Waals surface area contributed by atoms with Crippen molar-refractivity contribution in [2.75, 3.05) is 20.8 Å². The van der Waals surface area contributed by atoms with Crippen LogP contribution in [-0.4, -0.2) is 25.7 Å². The average Bonchev–Trinajstić information content (AvgIpc) is 2.78. The lowest BCUT2D eigenvalue weighted by Crippen LogP contribution is -2.12. The maximum atomic E-state index is 11.0. The highest BCUT2D eigenvalue weighted by Gasteiger charge is 2.24. The smallest absolute Gasteiger partial charge is 0.269 e. The van der Waals surface area contributed by atoms with E-state index in [1.54, 1.807) is 26.4 Å². The molecule has 0 aliphatic carbocycles. The van der Waals surface area contributed by atoms with E-state index in [0.717, 1.165) is 45.1 Å².